The van der Waals surface area contributed by atoms with Crippen LogP contribution in [0.3, 0.4) is 0 Å². The first-order valence-electron chi connectivity index (χ1n) is 4.99. The standard InChI is InChI=1S/C12H6BrF2NO3/c13-7-3-8(14)11(15)9(4-7)19-10-2-1-6(5-16-10)12(17)18/h1-5H,(H,17,18). The maximum atomic E-state index is 13.4. The Labute approximate surface area is 114 Å². The van der Waals surface area contributed by atoms with Gasteiger partial charge in [-0.25, -0.2) is 14.2 Å². The highest BCUT2D eigenvalue weighted by Crippen LogP contribution is 2.28. The van der Waals surface area contributed by atoms with Crippen LogP contribution >= 0.6 is 15.9 Å². The van der Waals surface area contributed by atoms with Crippen LogP contribution in [-0.2, 0) is 0 Å². The number of rotatable bonds is 3. The summed E-state index contributed by atoms with van der Waals surface area (Å²) >= 11 is 3.01. The van der Waals surface area contributed by atoms with Gasteiger partial charge in [-0.15, -0.1) is 0 Å². The zero-order chi connectivity index (χ0) is 14.0. The zero-order valence-corrected chi connectivity index (χ0v) is 10.8. The first-order valence-corrected chi connectivity index (χ1v) is 5.78. The predicted octanol–water partition coefficient (Wildman–Crippen LogP) is 3.61. The predicted molar refractivity (Wildman–Crippen MR) is 65.3 cm³/mol. The number of pyridine rings is 1. The molecule has 0 spiro atoms. The second-order valence-corrected chi connectivity index (χ2v) is 4.41. The fraction of sp³-hybridized carbons (Fsp3) is 0. The van der Waals surface area contributed by atoms with Crippen molar-refractivity contribution < 1.29 is 23.4 Å². The lowest BCUT2D eigenvalue weighted by Gasteiger charge is -2.07. The van der Waals surface area contributed by atoms with E-state index in [1.807, 2.05) is 0 Å². The number of hydrogen-bond acceptors (Lipinski definition) is 3. The van der Waals surface area contributed by atoms with Gasteiger partial charge in [-0.3, -0.25) is 0 Å². The molecule has 2 aromatic rings. The van der Waals surface area contributed by atoms with Crippen molar-refractivity contribution in [2.24, 2.45) is 0 Å². The molecule has 1 aromatic carbocycles. The van der Waals surface area contributed by atoms with Gasteiger partial charge in [0.2, 0.25) is 11.7 Å². The highest BCUT2D eigenvalue weighted by Gasteiger charge is 2.13. The number of carbonyl (C=O) groups is 1. The van der Waals surface area contributed by atoms with Crippen molar-refractivity contribution in [3.8, 4) is 11.6 Å². The van der Waals surface area contributed by atoms with E-state index in [0.29, 0.717) is 4.47 Å². The van der Waals surface area contributed by atoms with Gasteiger partial charge >= 0.3 is 5.97 Å². The number of carboxylic acid groups (broad SMARTS) is 1. The van der Waals surface area contributed by atoms with Crippen molar-refractivity contribution in [1.82, 2.24) is 4.98 Å². The molecule has 1 N–H and O–H groups in total. The summed E-state index contributed by atoms with van der Waals surface area (Å²) in [6.45, 7) is 0. The van der Waals surface area contributed by atoms with Gasteiger partial charge < -0.3 is 9.84 Å². The van der Waals surface area contributed by atoms with Gasteiger partial charge in [0.15, 0.2) is 11.6 Å². The third kappa shape index (κ3) is 3.05. The Morgan fingerprint density at radius 3 is 2.63 bits per heavy atom. The minimum absolute atomic E-state index is 0.0340. The minimum Gasteiger partial charge on any atom is -0.478 e. The van der Waals surface area contributed by atoms with Crippen LogP contribution in [-0.4, -0.2) is 16.1 Å². The molecule has 0 aliphatic carbocycles. The molecule has 0 bridgehead atoms. The van der Waals surface area contributed by atoms with Crippen molar-refractivity contribution in [1.29, 1.82) is 0 Å². The number of aromatic nitrogens is 1. The molecule has 0 amide bonds. The molecule has 0 aliphatic heterocycles. The van der Waals surface area contributed by atoms with E-state index in [1.54, 1.807) is 0 Å². The summed E-state index contributed by atoms with van der Waals surface area (Å²) in [6.07, 6.45) is 1.06. The molecule has 0 aliphatic rings. The van der Waals surface area contributed by atoms with Crippen molar-refractivity contribution in [3.05, 3.63) is 52.1 Å². The van der Waals surface area contributed by atoms with Crippen LogP contribution in [0.2, 0.25) is 0 Å². The smallest absolute Gasteiger partial charge is 0.337 e. The van der Waals surface area contributed by atoms with E-state index in [0.717, 1.165) is 12.3 Å². The summed E-state index contributed by atoms with van der Waals surface area (Å²) in [6, 6.07) is 4.70. The van der Waals surface area contributed by atoms with Gasteiger partial charge in [-0.1, -0.05) is 15.9 Å². The summed E-state index contributed by atoms with van der Waals surface area (Å²) < 4.78 is 31.9. The molecule has 98 valence electrons. The average molecular weight is 330 g/mol. The van der Waals surface area contributed by atoms with Crippen LogP contribution < -0.4 is 4.74 Å². The van der Waals surface area contributed by atoms with E-state index < -0.39 is 17.6 Å². The number of carboxylic acids is 1. The molecule has 1 heterocycles. The minimum atomic E-state index is -1.15. The third-order valence-electron chi connectivity index (χ3n) is 2.16. The maximum Gasteiger partial charge on any atom is 0.337 e. The highest BCUT2D eigenvalue weighted by atomic mass is 79.9. The van der Waals surface area contributed by atoms with E-state index >= 15 is 0 Å². The molecule has 0 radical (unpaired) electrons. The molecule has 2 rings (SSSR count). The number of aromatic carboxylic acids is 1. The second-order valence-electron chi connectivity index (χ2n) is 3.49. The molecule has 7 heteroatoms. The van der Waals surface area contributed by atoms with Crippen LogP contribution in [0.15, 0.2) is 34.9 Å². The SMILES string of the molecule is O=C(O)c1ccc(Oc2cc(Br)cc(F)c2F)nc1. The van der Waals surface area contributed by atoms with E-state index in [1.165, 1.54) is 18.2 Å². The van der Waals surface area contributed by atoms with Crippen molar-refractivity contribution in [2.75, 3.05) is 0 Å². The van der Waals surface area contributed by atoms with E-state index in [-0.39, 0.29) is 17.2 Å². The van der Waals surface area contributed by atoms with Gasteiger partial charge in [0.1, 0.15) is 0 Å². The first-order chi connectivity index (χ1) is 8.97. The number of benzene rings is 1. The van der Waals surface area contributed by atoms with Gasteiger partial charge in [0, 0.05) is 16.7 Å². The lowest BCUT2D eigenvalue weighted by Crippen LogP contribution is -1.98. The lowest BCUT2D eigenvalue weighted by atomic mass is 10.3. The Morgan fingerprint density at radius 1 is 1.32 bits per heavy atom. The van der Waals surface area contributed by atoms with Gasteiger partial charge in [0.25, 0.3) is 0 Å². The maximum absolute atomic E-state index is 13.4. The monoisotopic (exact) mass is 329 g/mol. The first kappa shape index (κ1) is 13.4. The highest BCUT2D eigenvalue weighted by molar-refractivity contribution is 9.10. The Hall–Kier alpha value is -2.02. The molecular weight excluding hydrogens is 324 g/mol. The molecule has 1 aromatic heterocycles. The topological polar surface area (TPSA) is 59.4 Å². The molecule has 0 saturated carbocycles. The third-order valence-corrected chi connectivity index (χ3v) is 2.62. The second kappa shape index (κ2) is 5.31. The number of ether oxygens (including phenoxy) is 1. The lowest BCUT2D eigenvalue weighted by molar-refractivity contribution is 0.0696. The quantitative estimate of drug-likeness (QED) is 0.874. The number of halogens is 3. The van der Waals surface area contributed by atoms with Crippen molar-refractivity contribution in [2.45, 2.75) is 0 Å². The van der Waals surface area contributed by atoms with Gasteiger partial charge in [-0.05, 0) is 18.2 Å². The summed E-state index contributed by atoms with van der Waals surface area (Å²) in [5, 5.41) is 8.69. The Morgan fingerprint density at radius 2 is 2.05 bits per heavy atom. The van der Waals surface area contributed by atoms with E-state index in [4.69, 9.17) is 9.84 Å². The average Bonchev–Trinajstić information content (AvgIpc) is 2.36. The summed E-state index contributed by atoms with van der Waals surface area (Å²) in [5.74, 6) is -3.73. The zero-order valence-electron chi connectivity index (χ0n) is 9.23. The Bertz CT molecular complexity index is 632. The van der Waals surface area contributed by atoms with Crippen LogP contribution in [0.25, 0.3) is 0 Å². The van der Waals surface area contributed by atoms with Crippen LogP contribution in [0, 0.1) is 11.6 Å². The number of hydrogen-bond donors (Lipinski definition) is 1. The Balaban J connectivity index is 2.28. The molecule has 19 heavy (non-hydrogen) atoms. The van der Waals surface area contributed by atoms with Gasteiger partial charge in [-0.2, -0.15) is 4.39 Å². The molecular formula is C12H6BrF2NO3. The molecule has 0 saturated heterocycles. The summed E-state index contributed by atoms with van der Waals surface area (Å²) in [5.41, 5.74) is -0.0340. The van der Waals surface area contributed by atoms with Crippen LogP contribution in [0.5, 0.6) is 11.6 Å². The number of nitrogens with zero attached hydrogens (tertiary/aromatic N) is 1. The Kier molecular flexibility index (Phi) is 3.75. The van der Waals surface area contributed by atoms with Crippen LogP contribution in [0.1, 0.15) is 10.4 Å². The summed E-state index contributed by atoms with van der Waals surface area (Å²) in [4.78, 5) is 14.3. The van der Waals surface area contributed by atoms with E-state index in [2.05, 4.69) is 20.9 Å². The largest absolute Gasteiger partial charge is 0.478 e. The van der Waals surface area contributed by atoms with Gasteiger partial charge in [0.05, 0.1) is 5.56 Å². The summed E-state index contributed by atoms with van der Waals surface area (Å²) in [7, 11) is 0. The molecule has 0 atom stereocenters. The molecule has 0 unspecified atom stereocenters. The fourth-order valence-electron chi connectivity index (χ4n) is 1.29. The molecule has 0 fully saturated rings. The van der Waals surface area contributed by atoms with Crippen LogP contribution in [0.4, 0.5) is 8.78 Å². The van der Waals surface area contributed by atoms with E-state index in [9.17, 15) is 13.6 Å². The van der Waals surface area contributed by atoms with Crippen molar-refractivity contribution >= 4 is 21.9 Å². The normalized spacial score (nSPS) is 10.3. The fourth-order valence-corrected chi connectivity index (χ4v) is 1.70. The van der Waals surface area contributed by atoms with Crippen molar-refractivity contribution in [3.63, 3.8) is 0 Å². The molecule has 4 nitrogen and oxygen atoms in total.